The first-order chi connectivity index (χ1) is 10.7. The fourth-order valence-electron chi connectivity index (χ4n) is 2.93. The lowest BCUT2D eigenvalue weighted by Crippen LogP contribution is -2.33. The summed E-state index contributed by atoms with van der Waals surface area (Å²) in [4.78, 5) is 37.1. The predicted octanol–water partition coefficient (Wildman–Crippen LogP) is 2.58. The van der Waals surface area contributed by atoms with Crippen LogP contribution in [0.15, 0.2) is 24.3 Å². The van der Waals surface area contributed by atoms with Crippen molar-refractivity contribution >= 4 is 31.0 Å². The lowest BCUT2D eigenvalue weighted by molar-refractivity contribution is -0.122. The van der Waals surface area contributed by atoms with Crippen molar-refractivity contribution < 1.29 is 14.4 Å². The molecular weight excluding hydrogens is 289 g/mol. The zero-order valence-electron chi connectivity index (χ0n) is 14.1. The highest BCUT2D eigenvalue weighted by molar-refractivity contribution is 6.58. The Morgan fingerprint density at radius 2 is 1.87 bits per heavy atom. The molecule has 2 unspecified atom stereocenters. The van der Waals surface area contributed by atoms with E-state index in [2.05, 4.69) is 0 Å². The molecule has 0 aromatic heterocycles. The Bertz CT molecular complexity index is 636. The Morgan fingerprint density at radius 3 is 2.30 bits per heavy atom. The van der Waals surface area contributed by atoms with Gasteiger partial charge in [-0.25, -0.2) is 0 Å². The smallest absolute Gasteiger partial charge is 0.237 e. The molecule has 0 spiro atoms. The third-order valence-corrected chi connectivity index (χ3v) is 5.11. The molecule has 120 valence electrons. The van der Waals surface area contributed by atoms with Gasteiger partial charge in [0.15, 0.2) is 7.85 Å². The van der Waals surface area contributed by atoms with Gasteiger partial charge in [-0.2, -0.15) is 0 Å². The average molecular weight is 311 g/mol. The van der Waals surface area contributed by atoms with Crippen molar-refractivity contribution in [1.29, 1.82) is 0 Å². The number of hydrogen-bond donors (Lipinski definition) is 0. The summed E-state index contributed by atoms with van der Waals surface area (Å²) >= 11 is 0. The van der Waals surface area contributed by atoms with Gasteiger partial charge < -0.3 is 4.79 Å². The second-order valence-corrected chi connectivity index (χ2v) is 6.77. The summed E-state index contributed by atoms with van der Waals surface area (Å²) in [5, 5.41) is 0. The van der Waals surface area contributed by atoms with E-state index in [0.717, 1.165) is 5.56 Å². The van der Waals surface area contributed by atoms with Gasteiger partial charge in [0.25, 0.3) is 0 Å². The first kappa shape index (κ1) is 17.4. The molecular formula is C18H22BNO3. The van der Waals surface area contributed by atoms with E-state index in [9.17, 15) is 14.4 Å². The van der Waals surface area contributed by atoms with Gasteiger partial charge >= 0.3 is 0 Å². The number of carbonyl (C=O) groups excluding carboxylic acids is 3. The Morgan fingerprint density at radius 1 is 1.30 bits per heavy atom. The summed E-state index contributed by atoms with van der Waals surface area (Å²) < 4.78 is 0. The van der Waals surface area contributed by atoms with Gasteiger partial charge in [0.05, 0.1) is 11.4 Å². The van der Waals surface area contributed by atoms with E-state index >= 15 is 0 Å². The minimum atomic E-state index is -0.421. The quantitative estimate of drug-likeness (QED) is 0.620. The fraction of sp³-hybridized carbons (Fsp3) is 0.500. The largest absolute Gasteiger partial charge is 0.312 e. The van der Waals surface area contributed by atoms with E-state index in [1.54, 1.807) is 19.1 Å². The number of nitrogens with zero attached hydrogens (tertiary/aromatic N) is 1. The molecule has 23 heavy (non-hydrogen) atoms. The molecule has 2 amide bonds. The lowest BCUT2D eigenvalue weighted by Gasteiger charge is -2.31. The van der Waals surface area contributed by atoms with Crippen molar-refractivity contribution in [2.24, 2.45) is 11.8 Å². The maximum Gasteiger partial charge on any atom is 0.237 e. The molecule has 5 heteroatoms. The second-order valence-electron chi connectivity index (χ2n) is 6.77. The first-order valence-electron chi connectivity index (χ1n) is 7.96. The number of anilines is 1. The van der Waals surface area contributed by atoms with Crippen molar-refractivity contribution in [2.45, 2.75) is 46.0 Å². The van der Waals surface area contributed by atoms with Gasteiger partial charge in [-0.15, -0.1) is 0 Å². The number of carbonyl (C=O) groups is 3. The number of rotatable bonds is 5. The minimum absolute atomic E-state index is 0.130. The summed E-state index contributed by atoms with van der Waals surface area (Å²) in [6.45, 7) is 7.62. The zero-order valence-corrected chi connectivity index (χ0v) is 14.1. The van der Waals surface area contributed by atoms with Crippen LogP contribution in [-0.4, -0.2) is 25.3 Å². The lowest BCUT2D eigenvalue weighted by atomic mass is 9.68. The Balaban J connectivity index is 2.28. The molecule has 1 aromatic carbocycles. The van der Waals surface area contributed by atoms with Gasteiger partial charge in [-0.3, -0.25) is 14.5 Å². The first-order valence-corrected chi connectivity index (χ1v) is 7.96. The molecule has 1 aromatic rings. The molecule has 1 fully saturated rings. The Labute approximate surface area is 138 Å². The van der Waals surface area contributed by atoms with Gasteiger partial charge in [0, 0.05) is 18.3 Å². The minimum Gasteiger partial charge on any atom is -0.312 e. The van der Waals surface area contributed by atoms with Gasteiger partial charge in [0.2, 0.25) is 11.8 Å². The molecule has 1 aliphatic rings. The highest BCUT2D eigenvalue weighted by atomic mass is 16.2. The molecule has 0 N–H and O–H groups in total. The maximum atomic E-state index is 12.3. The Kier molecular flexibility index (Phi) is 4.78. The van der Waals surface area contributed by atoms with Crippen LogP contribution < -0.4 is 4.90 Å². The van der Waals surface area contributed by atoms with Crippen LogP contribution in [0.5, 0.6) is 0 Å². The van der Waals surface area contributed by atoms with Gasteiger partial charge in [-0.1, -0.05) is 39.8 Å². The average Bonchev–Trinajstić information content (AvgIpc) is 2.80. The van der Waals surface area contributed by atoms with Crippen molar-refractivity contribution in [2.75, 3.05) is 4.90 Å². The summed E-state index contributed by atoms with van der Waals surface area (Å²) in [7, 11) is 5.42. The highest BCUT2D eigenvalue weighted by Crippen LogP contribution is 2.34. The molecule has 0 bridgehead atoms. The van der Waals surface area contributed by atoms with Crippen molar-refractivity contribution in [3.05, 3.63) is 29.8 Å². The number of amides is 2. The van der Waals surface area contributed by atoms with E-state index in [1.807, 2.05) is 32.9 Å². The van der Waals surface area contributed by atoms with E-state index in [0.29, 0.717) is 12.1 Å². The van der Waals surface area contributed by atoms with Crippen LogP contribution in [0, 0.1) is 11.8 Å². The van der Waals surface area contributed by atoms with E-state index in [-0.39, 0.29) is 35.8 Å². The maximum absolute atomic E-state index is 12.3. The number of hydrogen-bond acceptors (Lipinski definition) is 3. The topological polar surface area (TPSA) is 54.5 Å². The number of benzene rings is 1. The van der Waals surface area contributed by atoms with Crippen LogP contribution in [-0.2, 0) is 19.8 Å². The van der Waals surface area contributed by atoms with Gasteiger partial charge in [0.1, 0.15) is 0 Å². The van der Waals surface area contributed by atoms with Crippen LogP contribution >= 0.6 is 0 Å². The monoisotopic (exact) mass is 311 g/mol. The van der Waals surface area contributed by atoms with Crippen molar-refractivity contribution in [3.8, 4) is 0 Å². The third-order valence-electron chi connectivity index (χ3n) is 5.11. The summed E-state index contributed by atoms with van der Waals surface area (Å²) in [6, 6.07) is 7.24. The normalized spacial score (nSPS) is 20.0. The van der Waals surface area contributed by atoms with Crippen LogP contribution in [0.4, 0.5) is 5.69 Å². The predicted molar refractivity (Wildman–Crippen MR) is 90.3 cm³/mol. The van der Waals surface area contributed by atoms with Crippen LogP contribution in [0.3, 0.4) is 0 Å². The molecule has 0 aliphatic carbocycles. The number of imide groups is 1. The van der Waals surface area contributed by atoms with E-state index < -0.39 is 5.41 Å². The van der Waals surface area contributed by atoms with Gasteiger partial charge in [-0.05, 0) is 29.5 Å². The molecule has 4 nitrogen and oxygen atoms in total. The fourth-order valence-corrected chi connectivity index (χ4v) is 2.93. The third kappa shape index (κ3) is 3.10. The molecule has 1 heterocycles. The Hall–Kier alpha value is -1.91. The van der Waals surface area contributed by atoms with Crippen LogP contribution in [0.1, 0.15) is 46.1 Å². The zero-order chi connectivity index (χ0) is 17.4. The van der Waals surface area contributed by atoms with E-state index in [4.69, 9.17) is 7.85 Å². The van der Waals surface area contributed by atoms with Crippen molar-refractivity contribution in [3.63, 3.8) is 0 Å². The molecule has 1 aliphatic heterocycles. The molecule has 2 radical (unpaired) electrons. The second kappa shape index (κ2) is 6.30. The SMILES string of the molecule is [B]C(=O)C(C)C(C)(C)c1ccc(N2C(=O)CC(CC)C2=O)cc1. The molecule has 0 saturated carbocycles. The van der Waals surface area contributed by atoms with Crippen LogP contribution in [0.25, 0.3) is 0 Å². The van der Waals surface area contributed by atoms with Crippen molar-refractivity contribution in [1.82, 2.24) is 0 Å². The standard InChI is InChI=1S/C18H22BNO3/c1-5-12-10-15(21)20(17(12)23)14-8-6-13(7-9-14)18(3,4)11(2)16(19)22/h6-9,11-12H,5,10H2,1-4H3. The molecule has 2 atom stereocenters. The summed E-state index contributed by atoms with van der Waals surface area (Å²) in [6.07, 6.45) is 0.948. The summed E-state index contributed by atoms with van der Waals surface area (Å²) in [5.41, 5.74) is 0.755. The summed E-state index contributed by atoms with van der Waals surface area (Å²) in [5.74, 6) is -0.823. The van der Waals surface area contributed by atoms with E-state index in [1.165, 1.54) is 4.90 Å². The van der Waals surface area contributed by atoms with Crippen LogP contribution in [0.2, 0.25) is 0 Å². The molecule has 1 saturated heterocycles. The molecule has 2 rings (SSSR count). The highest BCUT2D eigenvalue weighted by Gasteiger charge is 2.38.